The fraction of sp³-hybridized carbons (Fsp3) is 0.647. The third-order valence-electron chi connectivity index (χ3n) is 3.38. The monoisotopic (exact) mass is 297 g/mol. The molecule has 0 fully saturated rings. The number of nitrogens with one attached hydrogen (secondary N) is 1. The molecule has 0 unspecified atom stereocenters. The highest BCUT2D eigenvalue weighted by Gasteiger charge is 1.98. The van der Waals surface area contributed by atoms with E-state index in [-0.39, 0.29) is 0 Å². The van der Waals surface area contributed by atoms with Crippen molar-refractivity contribution < 1.29 is 4.74 Å². The minimum Gasteiger partial charge on any atom is -0.492 e. The van der Waals surface area contributed by atoms with Crippen LogP contribution in [0.25, 0.3) is 0 Å². The van der Waals surface area contributed by atoms with E-state index in [9.17, 15) is 0 Å². The first-order chi connectivity index (χ1) is 9.74. The van der Waals surface area contributed by atoms with Gasteiger partial charge in [0.05, 0.1) is 0 Å². The molecule has 1 aromatic carbocycles. The van der Waals surface area contributed by atoms with Gasteiger partial charge in [0.1, 0.15) is 12.4 Å². The van der Waals surface area contributed by atoms with Gasteiger partial charge < -0.3 is 10.1 Å². The van der Waals surface area contributed by atoms with E-state index < -0.39 is 0 Å². The Morgan fingerprint density at radius 2 is 1.80 bits per heavy atom. The molecule has 1 aromatic rings. The van der Waals surface area contributed by atoms with Crippen LogP contribution in [0.15, 0.2) is 18.2 Å². The predicted molar refractivity (Wildman–Crippen MR) is 87.9 cm³/mol. The van der Waals surface area contributed by atoms with E-state index in [1.807, 2.05) is 25.1 Å². The molecule has 0 aromatic heterocycles. The van der Waals surface area contributed by atoms with Crippen LogP contribution in [-0.2, 0) is 0 Å². The molecule has 0 saturated heterocycles. The molecule has 0 atom stereocenters. The topological polar surface area (TPSA) is 21.3 Å². The van der Waals surface area contributed by atoms with Crippen molar-refractivity contribution in [3.63, 3.8) is 0 Å². The van der Waals surface area contributed by atoms with Crippen molar-refractivity contribution in [2.45, 2.75) is 52.4 Å². The Labute approximate surface area is 128 Å². The quantitative estimate of drug-likeness (QED) is 0.582. The van der Waals surface area contributed by atoms with E-state index in [1.54, 1.807) is 0 Å². The lowest BCUT2D eigenvalue weighted by molar-refractivity contribution is 0.313. The van der Waals surface area contributed by atoms with E-state index in [2.05, 4.69) is 12.2 Å². The van der Waals surface area contributed by atoms with Gasteiger partial charge in [0, 0.05) is 11.6 Å². The Morgan fingerprint density at radius 1 is 1.05 bits per heavy atom. The molecule has 1 N–H and O–H groups in total. The van der Waals surface area contributed by atoms with Gasteiger partial charge in [0.15, 0.2) is 0 Å². The minimum absolute atomic E-state index is 0.705. The van der Waals surface area contributed by atoms with Crippen molar-refractivity contribution in [2.24, 2.45) is 0 Å². The molecule has 0 amide bonds. The average Bonchev–Trinajstić information content (AvgIpc) is 2.45. The van der Waals surface area contributed by atoms with Crippen LogP contribution in [0.3, 0.4) is 0 Å². The highest BCUT2D eigenvalue weighted by atomic mass is 35.5. The largest absolute Gasteiger partial charge is 0.492 e. The number of unbranched alkanes of at least 4 members (excludes halogenated alkanes) is 5. The smallest absolute Gasteiger partial charge is 0.119 e. The molecule has 0 heterocycles. The highest BCUT2D eigenvalue weighted by Crippen LogP contribution is 2.20. The number of hydrogen-bond donors (Lipinski definition) is 1. The third-order valence-corrected chi connectivity index (χ3v) is 3.81. The summed E-state index contributed by atoms with van der Waals surface area (Å²) in [6.45, 7) is 6.94. The number of rotatable bonds is 11. The summed E-state index contributed by atoms with van der Waals surface area (Å²) in [5, 5.41) is 4.21. The summed E-state index contributed by atoms with van der Waals surface area (Å²) < 4.78 is 5.68. The maximum absolute atomic E-state index is 5.98. The van der Waals surface area contributed by atoms with Crippen LogP contribution in [0.4, 0.5) is 0 Å². The first-order valence-corrected chi connectivity index (χ1v) is 8.21. The number of hydrogen-bond acceptors (Lipinski definition) is 2. The molecule has 0 radical (unpaired) electrons. The van der Waals surface area contributed by atoms with Crippen molar-refractivity contribution >= 4 is 11.6 Å². The molecule has 114 valence electrons. The van der Waals surface area contributed by atoms with Crippen molar-refractivity contribution in [3.05, 3.63) is 28.8 Å². The second-order valence-electron chi connectivity index (χ2n) is 5.28. The second kappa shape index (κ2) is 11.0. The highest BCUT2D eigenvalue weighted by molar-refractivity contribution is 6.31. The van der Waals surface area contributed by atoms with Crippen LogP contribution in [-0.4, -0.2) is 19.7 Å². The summed E-state index contributed by atoms with van der Waals surface area (Å²) in [7, 11) is 0. The van der Waals surface area contributed by atoms with Crippen LogP contribution in [0.5, 0.6) is 5.75 Å². The lowest BCUT2D eigenvalue weighted by Gasteiger charge is -2.08. The van der Waals surface area contributed by atoms with Crippen LogP contribution in [0.2, 0.25) is 5.02 Å². The molecule has 3 heteroatoms. The molecule has 0 saturated carbocycles. The van der Waals surface area contributed by atoms with Crippen molar-refractivity contribution in [2.75, 3.05) is 19.7 Å². The zero-order valence-electron chi connectivity index (χ0n) is 12.9. The molecular weight excluding hydrogens is 270 g/mol. The van der Waals surface area contributed by atoms with Crippen molar-refractivity contribution in [1.82, 2.24) is 5.32 Å². The molecule has 0 aliphatic carbocycles. The molecule has 0 aliphatic heterocycles. The average molecular weight is 298 g/mol. The van der Waals surface area contributed by atoms with E-state index >= 15 is 0 Å². The van der Waals surface area contributed by atoms with E-state index in [4.69, 9.17) is 16.3 Å². The second-order valence-corrected chi connectivity index (χ2v) is 5.68. The normalized spacial score (nSPS) is 10.8. The Kier molecular flexibility index (Phi) is 9.52. The molecule has 1 rings (SSSR count). The summed E-state index contributed by atoms with van der Waals surface area (Å²) in [5.74, 6) is 0.897. The first-order valence-electron chi connectivity index (χ1n) is 7.83. The molecular formula is C17H28ClNO. The van der Waals surface area contributed by atoms with Gasteiger partial charge in [-0.2, -0.15) is 0 Å². The number of ether oxygens (including phenoxy) is 1. The fourth-order valence-corrected chi connectivity index (χ4v) is 2.22. The summed E-state index contributed by atoms with van der Waals surface area (Å²) in [6.07, 6.45) is 8.06. The number of benzene rings is 1. The summed E-state index contributed by atoms with van der Waals surface area (Å²) in [4.78, 5) is 0. The maximum Gasteiger partial charge on any atom is 0.119 e. The van der Waals surface area contributed by atoms with Gasteiger partial charge in [-0.3, -0.25) is 0 Å². The van der Waals surface area contributed by atoms with Gasteiger partial charge in [-0.15, -0.1) is 0 Å². The third kappa shape index (κ3) is 7.76. The summed E-state index contributed by atoms with van der Waals surface area (Å²) in [5.41, 5.74) is 1.06. The van der Waals surface area contributed by atoms with Gasteiger partial charge in [-0.05, 0) is 43.7 Å². The van der Waals surface area contributed by atoms with Gasteiger partial charge in [0.25, 0.3) is 0 Å². The molecule has 0 aliphatic rings. The lowest BCUT2D eigenvalue weighted by Crippen LogP contribution is -2.22. The van der Waals surface area contributed by atoms with E-state index in [1.165, 1.54) is 38.5 Å². The van der Waals surface area contributed by atoms with Crippen LogP contribution in [0, 0.1) is 6.92 Å². The zero-order valence-corrected chi connectivity index (χ0v) is 13.6. The SMILES string of the molecule is CCCCCCCCNCCOc1ccc(Cl)c(C)c1. The zero-order chi connectivity index (χ0) is 14.6. The predicted octanol–water partition coefficient (Wildman–Crippen LogP) is 4.98. The molecule has 0 bridgehead atoms. The van der Waals surface area contributed by atoms with Crippen molar-refractivity contribution in [1.29, 1.82) is 0 Å². The fourth-order valence-electron chi connectivity index (χ4n) is 2.10. The molecule has 2 nitrogen and oxygen atoms in total. The summed E-state index contributed by atoms with van der Waals surface area (Å²) >= 11 is 5.98. The van der Waals surface area contributed by atoms with Crippen LogP contribution >= 0.6 is 11.6 Å². The van der Waals surface area contributed by atoms with Gasteiger partial charge in [-0.1, -0.05) is 50.6 Å². The van der Waals surface area contributed by atoms with Gasteiger partial charge in [-0.25, -0.2) is 0 Å². The Hall–Kier alpha value is -0.730. The summed E-state index contributed by atoms with van der Waals surface area (Å²) in [6, 6.07) is 5.79. The standard InChI is InChI=1S/C17H28ClNO/c1-3-4-5-6-7-8-11-19-12-13-20-16-9-10-17(18)15(2)14-16/h9-10,14,19H,3-8,11-13H2,1-2H3. The number of aryl methyl sites for hydroxylation is 1. The Bertz CT molecular complexity index is 368. The Balaban J connectivity index is 1.95. The lowest BCUT2D eigenvalue weighted by atomic mass is 10.1. The number of halogens is 1. The van der Waals surface area contributed by atoms with Crippen LogP contribution < -0.4 is 10.1 Å². The van der Waals surface area contributed by atoms with Gasteiger partial charge >= 0.3 is 0 Å². The van der Waals surface area contributed by atoms with E-state index in [0.717, 1.165) is 29.4 Å². The minimum atomic E-state index is 0.705. The first kappa shape index (κ1) is 17.3. The van der Waals surface area contributed by atoms with E-state index in [0.29, 0.717) is 6.61 Å². The molecule has 20 heavy (non-hydrogen) atoms. The van der Waals surface area contributed by atoms with Gasteiger partial charge in [0.2, 0.25) is 0 Å². The maximum atomic E-state index is 5.98. The van der Waals surface area contributed by atoms with Crippen LogP contribution in [0.1, 0.15) is 51.0 Å². The molecule has 0 spiro atoms. The Morgan fingerprint density at radius 3 is 2.55 bits per heavy atom. The van der Waals surface area contributed by atoms with Crippen molar-refractivity contribution in [3.8, 4) is 5.75 Å².